The largest absolute Gasteiger partial charge is 0.350 e. The van der Waals surface area contributed by atoms with Crippen molar-refractivity contribution in [1.29, 1.82) is 0 Å². The van der Waals surface area contributed by atoms with E-state index in [-0.39, 0.29) is 0 Å². The summed E-state index contributed by atoms with van der Waals surface area (Å²) in [5.74, 6) is 0. The van der Waals surface area contributed by atoms with Crippen LogP contribution in [0.5, 0.6) is 0 Å². The molecule has 0 N–H and O–H groups in total. The lowest BCUT2D eigenvalue weighted by molar-refractivity contribution is -0.0483. The lowest BCUT2D eigenvalue weighted by atomic mass is 10.1. The van der Waals surface area contributed by atoms with Crippen molar-refractivity contribution < 1.29 is 23.1 Å². The number of hydrogen-bond donors (Lipinski definition) is 0. The minimum absolute atomic E-state index is 0.307. The van der Waals surface area contributed by atoms with Crippen molar-refractivity contribution >= 4 is 30.8 Å². The fourth-order valence-electron chi connectivity index (χ4n) is 2.64. The molecule has 0 spiro atoms. The highest BCUT2D eigenvalue weighted by Crippen LogP contribution is 2.56. The summed E-state index contributed by atoms with van der Waals surface area (Å²) in [6.07, 6.45) is 0.501. The first kappa shape index (κ1) is 20.2. The molecule has 1 fully saturated rings. The average Bonchev–Trinajstić information content (AvgIpc) is 3.04. The molecule has 136 valence electrons. The van der Waals surface area contributed by atoms with E-state index in [2.05, 4.69) is 0 Å². The summed E-state index contributed by atoms with van der Waals surface area (Å²) in [5, 5.41) is 0.946. The van der Waals surface area contributed by atoms with Gasteiger partial charge in [-0.3, -0.25) is 4.57 Å². The van der Waals surface area contributed by atoms with E-state index < -0.39 is 19.5 Å². The van der Waals surface area contributed by atoms with Crippen LogP contribution in [0.2, 0.25) is 10.0 Å². The van der Waals surface area contributed by atoms with Crippen LogP contribution in [0.15, 0.2) is 18.2 Å². The van der Waals surface area contributed by atoms with Gasteiger partial charge in [-0.05, 0) is 38.0 Å². The zero-order chi connectivity index (χ0) is 17.6. The third-order valence-electron chi connectivity index (χ3n) is 3.68. The van der Waals surface area contributed by atoms with Gasteiger partial charge in [0.2, 0.25) is 0 Å². The van der Waals surface area contributed by atoms with Gasteiger partial charge in [-0.1, -0.05) is 29.3 Å². The van der Waals surface area contributed by atoms with E-state index in [0.717, 1.165) is 5.56 Å². The Balaban J connectivity index is 2.22. The zero-order valence-corrected chi connectivity index (χ0v) is 16.3. The Hall–Kier alpha value is -0.130. The van der Waals surface area contributed by atoms with Gasteiger partial charge in [0.1, 0.15) is 0 Å². The molecule has 1 unspecified atom stereocenters. The summed E-state index contributed by atoms with van der Waals surface area (Å²) in [7, 11) is -3.31. The van der Waals surface area contributed by atoms with Crippen LogP contribution in [0.25, 0.3) is 0 Å². The third-order valence-corrected chi connectivity index (χ3v) is 6.94. The van der Waals surface area contributed by atoms with Crippen LogP contribution in [0.1, 0.15) is 25.8 Å². The van der Waals surface area contributed by atoms with Gasteiger partial charge >= 0.3 is 7.60 Å². The van der Waals surface area contributed by atoms with Crippen LogP contribution < -0.4 is 0 Å². The topological polar surface area (TPSA) is 54.0 Å². The number of ether oxygens (including phenoxy) is 2. The molecule has 1 aliphatic heterocycles. The van der Waals surface area contributed by atoms with Gasteiger partial charge in [0.15, 0.2) is 6.29 Å². The molecule has 0 amide bonds. The second-order valence-electron chi connectivity index (χ2n) is 5.39. The van der Waals surface area contributed by atoms with Gasteiger partial charge in [-0.25, -0.2) is 0 Å². The lowest BCUT2D eigenvalue weighted by Gasteiger charge is -2.28. The molecule has 0 radical (unpaired) electrons. The Bertz CT molecular complexity index is 568. The van der Waals surface area contributed by atoms with Crippen LogP contribution >= 0.6 is 30.8 Å². The normalized spacial score (nSPS) is 17.3. The highest BCUT2D eigenvalue weighted by molar-refractivity contribution is 7.54. The fourth-order valence-corrected chi connectivity index (χ4v) is 5.04. The third kappa shape index (κ3) is 5.43. The summed E-state index contributed by atoms with van der Waals surface area (Å²) >= 11 is 12.1. The maximum Gasteiger partial charge on any atom is 0.334 e. The quantitative estimate of drug-likeness (QED) is 0.553. The van der Waals surface area contributed by atoms with E-state index in [1.807, 2.05) is 6.07 Å². The average molecular weight is 397 g/mol. The Labute approximate surface area is 153 Å². The van der Waals surface area contributed by atoms with E-state index in [1.165, 1.54) is 0 Å². The minimum atomic E-state index is -3.31. The molecular weight excluding hydrogens is 374 g/mol. The van der Waals surface area contributed by atoms with E-state index in [4.69, 9.17) is 41.7 Å². The van der Waals surface area contributed by atoms with Crippen molar-refractivity contribution in [3.8, 4) is 0 Å². The first-order valence-electron chi connectivity index (χ1n) is 8.04. The lowest BCUT2D eigenvalue weighted by Crippen LogP contribution is -2.23. The van der Waals surface area contributed by atoms with E-state index in [1.54, 1.807) is 26.0 Å². The van der Waals surface area contributed by atoms with Crippen molar-refractivity contribution in [3.05, 3.63) is 33.8 Å². The van der Waals surface area contributed by atoms with Crippen LogP contribution in [-0.4, -0.2) is 38.4 Å². The molecule has 1 atom stereocenters. The Morgan fingerprint density at radius 2 is 1.79 bits per heavy atom. The molecular formula is C16H23Cl2O5P. The van der Waals surface area contributed by atoms with E-state index in [9.17, 15) is 4.57 Å². The van der Waals surface area contributed by atoms with Gasteiger partial charge in [-0.15, -0.1) is 0 Å². The van der Waals surface area contributed by atoms with Crippen molar-refractivity contribution in [2.24, 2.45) is 0 Å². The highest BCUT2D eigenvalue weighted by Gasteiger charge is 2.38. The van der Waals surface area contributed by atoms with Crippen molar-refractivity contribution in [1.82, 2.24) is 0 Å². The number of halogens is 2. The van der Waals surface area contributed by atoms with Gasteiger partial charge in [-0.2, -0.15) is 0 Å². The summed E-state index contributed by atoms with van der Waals surface area (Å²) < 4.78 is 35.3. The Morgan fingerprint density at radius 1 is 1.17 bits per heavy atom. The predicted octanol–water partition coefficient (Wildman–Crippen LogP) is 4.93. The number of benzene rings is 1. The molecule has 0 aliphatic carbocycles. The maximum absolute atomic E-state index is 13.2. The molecule has 24 heavy (non-hydrogen) atoms. The Kier molecular flexibility index (Phi) is 8.02. The standard InChI is InChI=1S/C16H23Cl2O5P/c1-3-22-24(19,23-4-2)13(11-16-20-7-8-21-16)9-12-5-6-14(17)15(18)10-12/h5-6,10,13,16H,3-4,7-9,11H2,1-2H3. The molecule has 1 saturated heterocycles. The second-order valence-corrected chi connectivity index (χ2v) is 8.53. The first-order valence-corrected chi connectivity index (χ1v) is 10.4. The van der Waals surface area contributed by atoms with Crippen molar-refractivity contribution in [3.63, 3.8) is 0 Å². The number of rotatable bonds is 9. The van der Waals surface area contributed by atoms with Gasteiger partial charge in [0.05, 0.1) is 42.1 Å². The van der Waals surface area contributed by atoms with E-state index >= 15 is 0 Å². The molecule has 8 heteroatoms. The fraction of sp³-hybridized carbons (Fsp3) is 0.625. The first-order chi connectivity index (χ1) is 11.5. The van der Waals surface area contributed by atoms with Crippen LogP contribution in [0.4, 0.5) is 0 Å². The molecule has 0 bridgehead atoms. The molecule has 1 heterocycles. The van der Waals surface area contributed by atoms with Crippen LogP contribution in [0, 0.1) is 0 Å². The molecule has 1 aromatic rings. The molecule has 0 saturated carbocycles. The highest BCUT2D eigenvalue weighted by atomic mass is 35.5. The molecule has 1 aromatic carbocycles. The van der Waals surface area contributed by atoms with E-state index in [0.29, 0.717) is 49.3 Å². The predicted molar refractivity (Wildman–Crippen MR) is 95.1 cm³/mol. The summed E-state index contributed by atoms with van der Waals surface area (Å²) in [4.78, 5) is 0. The van der Waals surface area contributed by atoms with Gasteiger partial charge < -0.3 is 18.5 Å². The minimum Gasteiger partial charge on any atom is -0.350 e. The second kappa shape index (κ2) is 9.54. The summed E-state index contributed by atoms with van der Waals surface area (Å²) in [5.41, 5.74) is 0.518. The molecule has 0 aromatic heterocycles. The van der Waals surface area contributed by atoms with Gasteiger partial charge in [0.25, 0.3) is 0 Å². The molecule has 5 nitrogen and oxygen atoms in total. The summed E-state index contributed by atoms with van der Waals surface area (Å²) in [6.45, 7) is 5.29. The zero-order valence-electron chi connectivity index (χ0n) is 13.9. The number of hydrogen-bond acceptors (Lipinski definition) is 5. The SMILES string of the molecule is CCOP(=O)(OCC)C(Cc1ccc(Cl)c(Cl)c1)CC1OCCO1. The van der Waals surface area contributed by atoms with Gasteiger partial charge in [0, 0.05) is 6.42 Å². The van der Waals surface area contributed by atoms with Crippen molar-refractivity contribution in [2.75, 3.05) is 26.4 Å². The summed E-state index contributed by atoms with van der Waals surface area (Å²) in [6, 6.07) is 5.36. The van der Waals surface area contributed by atoms with Crippen LogP contribution in [0.3, 0.4) is 0 Å². The Morgan fingerprint density at radius 3 is 2.33 bits per heavy atom. The molecule has 2 rings (SSSR count). The van der Waals surface area contributed by atoms with Crippen LogP contribution in [-0.2, 0) is 29.5 Å². The maximum atomic E-state index is 13.2. The smallest absolute Gasteiger partial charge is 0.334 e. The van der Waals surface area contributed by atoms with Crippen molar-refractivity contribution in [2.45, 2.75) is 38.6 Å². The monoisotopic (exact) mass is 396 g/mol. The molecule has 1 aliphatic rings.